The van der Waals surface area contributed by atoms with Crippen molar-refractivity contribution in [1.82, 2.24) is 10.8 Å². The number of fused-ring (bicyclic) bond motifs is 1. The molecular formula is C15H26N2O3. The van der Waals surface area contributed by atoms with Crippen molar-refractivity contribution in [1.29, 1.82) is 0 Å². The molecule has 114 valence electrons. The number of amides is 1. The van der Waals surface area contributed by atoms with Gasteiger partial charge in [-0.2, -0.15) is 5.48 Å². The Balaban J connectivity index is 1.46. The first-order valence-corrected chi connectivity index (χ1v) is 8.02. The minimum Gasteiger partial charge on any atom is -0.391 e. The Bertz CT molecular complexity index is 359. The van der Waals surface area contributed by atoms with E-state index in [0.29, 0.717) is 24.3 Å². The standard InChI is InChI=1S/C15H26N2O3/c1-9-3-2-4-11-7-12(17-20-14(9)11)15(19)16-8-13(18)10-5-6-10/h9-14,17-18H,2-8H2,1H3,(H,16,19). The highest BCUT2D eigenvalue weighted by Gasteiger charge is 2.39. The van der Waals surface area contributed by atoms with Gasteiger partial charge >= 0.3 is 0 Å². The third kappa shape index (κ3) is 3.15. The number of hydroxylamine groups is 1. The average molecular weight is 282 g/mol. The van der Waals surface area contributed by atoms with E-state index in [1.807, 2.05) is 0 Å². The number of aliphatic hydroxyl groups excluding tert-OH is 1. The molecule has 2 aliphatic carbocycles. The third-order valence-electron chi connectivity index (χ3n) is 5.11. The summed E-state index contributed by atoms with van der Waals surface area (Å²) >= 11 is 0. The molecule has 0 bridgehead atoms. The van der Waals surface area contributed by atoms with Crippen LogP contribution in [0.15, 0.2) is 0 Å². The van der Waals surface area contributed by atoms with Crippen LogP contribution in [0.2, 0.25) is 0 Å². The van der Waals surface area contributed by atoms with Crippen molar-refractivity contribution in [3.63, 3.8) is 0 Å². The maximum absolute atomic E-state index is 12.1. The van der Waals surface area contributed by atoms with Crippen molar-refractivity contribution < 1.29 is 14.7 Å². The zero-order valence-electron chi connectivity index (χ0n) is 12.2. The summed E-state index contributed by atoms with van der Waals surface area (Å²) in [7, 11) is 0. The average Bonchev–Trinajstić information content (AvgIpc) is 3.29. The van der Waals surface area contributed by atoms with Crippen LogP contribution in [-0.4, -0.2) is 35.8 Å². The Morgan fingerprint density at radius 2 is 2.20 bits per heavy atom. The summed E-state index contributed by atoms with van der Waals surface area (Å²) in [5, 5.41) is 12.6. The van der Waals surface area contributed by atoms with E-state index in [9.17, 15) is 9.90 Å². The molecule has 5 nitrogen and oxygen atoms in total. The van der Waals surface area contributed by atoms with Crippen molar-refractivity contribution >= 4 is 5.91 Å². The molecule has 3 N–H and O–H groups in total. The molecule has 0 aromatic heterocycles. The number of carbonyl (C=O) groups is 1. The van der Waals surface area contributed by atoms with Gasteiger partial charge in [0.05, 0.1) is 12.2 Å². The van der Waals surface area contributed by atoms with Crippen molar-refractivity contribution in [2.75, 3.05) is 6.54 Å². The molecule has 1 aliphatic heterocycles. The van der Waals surface area contributed by atoms with E-state index in [0.717, 1.165) is 25.7 Å². The predicted octanol–water partition coefficient (Wildman–Crippen LogP) is 0.972. The second-order valence-corrected chi connectivity index (χ2v) is 6.81. The van der Waals surface area contributed by atoms with Crippen LogP contribution in [0, 0.1) is 17.8 Å². The first kappa shape index (κ1) is 14.3. The van der Waals surface area contributed by atoms with E-state index >= 15 is 0 Å². The van der Waals surface area contributed by atoms with Crippen LogP contribution < -0.4 is 10.8 Å². The molecule has 0 aromatic rings. The van der Waals surface area contributed by atoms with Gasteiger partial charge in [0.25, 0.3) is 0 Å². The number of aliphatic hydroxyl groups is 1. The molecule has 1 heterocycles. The summed E-state index contributed by atoms with van der Waals surface area (Å²) in [6.45, 7) is 2.59. The molecule has 1 amide bonds. The van der Waals surface area contributed by atoms with Crippen molar-refractivity contribution in [3.05, 3.63) is 0 Å². The zero-order valence-corrected chi connectivity index (χ0v) is 12.2. The molecule has 3 fully saturated rings. The van der Waals surface area contributed by atoms with Gasteiger partial charge in [-0.15, -0.1) is 0 Å². The maximum Gasteiger partial charge on any atom is 0.239 e. The van der Waals surface area contributed by atoms with E-state index in [-0.39, 0.29) is 24.2 Å². The number of carbonyl (C=O) groups excluding carboxylic acids is 1. The van der Waals surface area contributed by atoms with Gasteiger partial charge in [0, 0.05) is 6.54 Å². The molecule has 5 heteroatoms. The fourth-order valence-electron chi connectivity index (χ4n) is 3.61. The van der Waals surface area contributed by atoms with E-state index in [2.05, 4.69) is 17.7 Å². The Morgan fingerprint density at radius 3 is 2.95 bits per heavy atom. The highest BCUT2D eigenvalue weighted by molar-refractivity contribution is 5.81. The minimum absolute atomic E-state index is 0.0404. The Hall–Kier alpha value is -0.650. The summed E-state index contributed by atoms with van der Waals surface area (Å²) in [6.07, 6.45) is 6.50. The molecule has 0 aromatic carbocycles. The highest BCUT2D eigenvalue weighted by atomic mass is 16.7. The minimum atomic E-state index is -0.383. The first-order chi connectivity index (χ1) is 9.65. The lowest BCUT2D eigenvalue weighted by Crippen LogP contribution is -2.55. The molecule has 3 aliphatic rings. The van der Waals surface area contributed by atoms with Gasteiger partial charge in [-0.1, -0.05) is 13.3 Å². The third-order valence-corrected chi connectivity index (χ3v) is 5.11. The molecule has 0 radical (unpaired) electrons. The monoisotopic (exact) mass is 282 g/mol. The summed E-state index contributed by atoms with van der Waals surface area (Å²) in [4.78, 5) is 17.9. The van der Waals surface area contributed by atoms with Gasteiger partial charge < -0.3 is 10.4 Å². The van der Waals surface area contributed by atoms with E-state index in [1.165, 1.54) is 12.8 Å². The number of nitrogens with one attached hydrogen (secondary N) is 2. The summed E-state index contributed by atoms with van der Waals surface area (Å²) in [5.41, 5.74) is 2.92. The quantitative estimate of drug-likeness (QED) is 0.718. The van der Waals surface area contributed by atoms with Crippen LogP contribution in [-0.2, 0) is 9.63 Å². The molecule has 5 unspecified atom stereocenters. The van der Waals surface area contributed by atoms with Gasteiger partial charge in [0.15, 0.2) is 0 Å². The number of rotatable bonds is 4. The molecular weight excluding hydrogens is 256 g/mol. The van der Waals surface area contributed by atoms with Crippen LogP contribution in [0.4, 0.5) is 0 Å². The SMILES string of the molecule is CC1CCCC2CC(C(=O)NCC(O)C3CC3)NOC12. The van der Waals surface area contributed by atoms with Crippen molar-refractivity contribution in [2.24, 2.45) is 17.8 Å². The first-order valence-electron chi connectivity index (χ1n) is 8.02. The summed E-state index contributed by atoms with van der Waals surface area (Å²) in [6, 6.07) is -0.270. The van der Waals surface area contributed by atoms with E-state index in [4.69, 9.17) is 4.84 Å². The van der Waals surface area contributed by atoms with Gasteiger partial charge in [0.2, 0.25) is 5.91 Å². The Kier molecular flexibility index (Phi) is 4.29. The van der Waals surface area contributed by atoms with Crippen molar-refractivity contribution in [3.8, 4) is 0 Å². The molecule has 0 spiro atoms. The van der Waals surface area contributed by atoms with Crippen LogP contribution in [0.3, 0.4) is 0 Å². The van der Waals surface area contributed by atoms with Gasteiger partial charge in [-0.3, -0.25) is 9.63 Å². The zero-order chi connectivity index (χ0) is 14.1. The van der Waals surface area contributed by atoms with E-state index in [1.54, 1.807) is 0 Å². The Labute approximate surface area is 120 Å². The lowest BCUT2D eigenvalue weighted by atomic mass is 9.76. The van der Waals surface area contributed by atoms with Gasteiger partial charge in [-0.05, 0) is 49.9 Å². The van der Waals surface area contributed by atoms with Gasteiger partial charge in [-0.25, -0.2) is 0 Å². The lowest BCUT2D eigenvalue weighted by Gasteiger charge is -2.42. The van der Waals surface area contributed by atoms with Gasteiger partial charge in [0.1, 0.15) is 6.04 Å². The number of hydrogen-bond acceptors (Lipinski definition) is 4. The predicted molar refractivity (Wildman–Crippen MR) is 74.7 cm³/mol. The molecule has 1 saturated heterocycles. The van der Waals surface area contributed by atoms with Crippen molar-refractivity contribution in [2.45, 2.75) is 63.7 Å². The van der Waals surface area contributed by atoms with Crippen LogP contribution >= 0.6 is 0 Å². The highest BCUT2D eigenvalue weighted by Crippen LogP contribution is 2.36. The molecule has 2 saturated carbocycles. The molecule has 3 rings (SSSR count). The maximum atomic E-state index is 12.1. The molecule has 20 heavy (non-hydrogen) atoms. The van der Waals surface area contributed by atoms with Crippen LogP contribution in [0.5, 0.6) is 0 Å². The summed E-state index contributed by atoms with van der Waals surface area (Å²) < 4.78 is 0. The fourth-order valence-corrected chi connectivity index (χ4v) is 3.61. The normalized spacial score (nSPS) is 38.9. The second kappa shape index (κ2) is 6.00. The smallest absolute Gasteiger partial charge is 0.239 e. The molecule has 5 atom stereocenters. The largest absolute Gasteiger partial charge is 0.391 e. The Morgan fingerprint density at radius 1 is 1.40 bits per heavy atom. The fraction of sp³-hybridized carbons (Fsp3) is 0.933. The topological polar surface area (TPSA) is 70.6 Å². The summed E-state index contributed by atoms with van der Waals surface area (Å²) in [5.74, 6) is 1.42. The van der Waals surface area contributed by atoms with E-state index < -0.39 is 0 Å². The lowest BCUT2D eigenvalue weighted by molar-refractivity contribution is -0.160. The number of hydrogen-bond donors (Lipinski definition) is 3. The van der Waals surface area contributed by atoms with Crippen LogP contribution in [0.25, 0.3) is 0 Å². The van der Waals surface area contributed by atoms with Crippen LogP contribution in [0.1, 0.15) is 45.4 Å². The second-order valence-electron chi connectivity index (χ2n) is 6.81.